The lowest BCUT2D eigenvalue weighted by Gasteiger charge is -2.08. The lowest BCUT2D eigenvalue weighted by Crippen LogP contribution is -2.13. The molecule has 1 aromatic rings. The number of nitrogens with zero attached hydrogens (tertiary/aromatic N) is 1. The van der Waals surface area contributed by atoms with Gasteiger partial charge in [-0.1, -0.05) is 13.3 Å². The molecular formula is C15H24BrNO4. The summed E-state index contributed by atoms with van der Waals surface area (Å²) in [5.74, 6) is 0.585. The Bertz CT molecular complexity index is 365. The van der Waals surface area contributed by atoms with Crippen LogP contribution in [0.1, 0.15) is 19.8 Å². The molecule has 5 nitrogen and oxygen atoms in total. The number of aromatic nitrogens is 1. The highest BCUT2D eigenvalue weighted by Crippen LogP contribution is 2.20. The zero-order valence-corrected chi connectivity index (χ0v) is 14.1. The van der Waals surface area contributed by atoms with Crippen LogP contribution < -0.4 is 4.74 Å². The van der Waals surface area contributed by atoms with Crippen LogP contribution in [0.3, 0.4) is 0 Å². The largest absolute Gasteiger partial charge is 0.474 e. The van der Waals surface area contributed by atoms with Crippen molar-refractivity contribution in [1.29, 1.82) is 0 Å². The van der Waals surface area contributed by atoms with Gasteiger partial charge in [-0.15, -0.1) is 0 Å². The Morgan fingerprint density at radius 2 is 1.57 bits per heavy atom. The lowest BCUT2D eigenvalue weighted by atomic mass is 10.4. The first-order valence-electron chi connectivity index (χ1n) is 7.31. The molecule has 0 aliphatic carbocycles. The van der Waals surface area contributed by atoms with E-state index in [4.69, 9.17) is 18.9 Å². The van der Waals surface area contributed by atoms with Crippen molar-refractivity contribution in [1.82, 2.24) is 4.98 Å². The van der Waals surface area contributed by atoms with Gasteiger partial charge in [0, 0.05) is 12.8 Å². The third kappa shape index (κ3) is 9.79. The minimum atomic E-state index is 0.468. The maximum atomic E-state index is 5.48. The fourth-order valence-electron chi connectivity index (χ4n) is 1.46. The molecule has 21 heavy (non-hydrogen) atoms. The van der Waals surface area contributed by atoms with Crippen molar-refractivity contribution < 1.29 is 18.9 Å². The molecule has 0 amide bonds. The molecule has 0 aliphatic heterocycles. The smallest absolute Gasteiger partial charge is 0.228 e. The van der Waals surface area contributed by atoms with Crippen LogP contribution in [0.4, 0.5) is 0 Å². The molecule has 0 saturated carbocycles. The summed E-state index contributed by atoms with van der Waals surface area (Å²) in [4.78, 5) is 4.10. The Morgan fingerprint density at radius 3 is 2.19 bits per heavy atom. The van der Waals surface area contributed by atoms with Gasteiger partial charge in [-0.25, -0.2) is 4.98 Å². The van der Waals surface area contributed by atoms with Crippen molar-refractivity contribution in [3.05, 3.63) is 22.8 Å². The molecule has 0 fully saturated rings. The van der Waals surface area contributed by atoms with Gasteiger partial charge in [0.15, 0.2) is 0 Å². The molecule has 0 atom stereocenters. The third-order valence-corrected chi connectivity index (χ3v) is 3.18. The Labute approximate surface area is 135 Å². The number of hydrogen-bond acceptors (Lipinski definition) is 5. The topological polar surface area (TPSA) is 49.8 Å². The normalized spacial score (nSPS) is 10.8. The molecule has 0 bridgehead atoms. The summed E-state index contributed by atoms with van der Waals surface area (Å²) in [6.07, 6.45) is 3.96. The van der Waals surface area contributed by atoms with Crippen molar-refractivity contribution in [2.75, 3.05) is 46.2 Å². The fraction of sp³-hybridized carbons (Fsp3) is 0.667. The van der Waals surface area contributed by atoms with Crippen LogP contribution in [-0.2, 0) is 14.2 Å². The number of pyridine rings is 1. The maximum absolute atomic E-state index is 5.48. The maximum Gasteiger partial charge on any atom is 0.228 e. The van der Waals surface area contributed by atoms with E-state index in [9.17, 15) is 0 Å². The number of rotatable bonds is 13. The fourth-order valence-corrected chi connectivity index (χ4v) is 1.83. The van der Waals surface area contributed by atoms with Gasteiger partial charge in [0.25, 0.3) is 0 Å². The van der Waals surface area contributed by atoms with Crippen LogP contribution in [0.15, 0.2) is 22.8 Å². The molecule has 0 spiro atoms. The van der Waals surface area contributed by atoms with Crippen LogP contribution in [0.5, 0.6) is 5.88 Å². The van der Waals surface area contributed by atoms with Gasteiger partial charge in [0.2, 0.25) is 5.88 Å². The highest BCUT2D eigenvalue weighted by atomic mass is 79.9. The van der Waals surface area contributed by atoms with Gasteiger partial charge in [-0.3, -0.25) is 0 Å². The van der Waals surface area contributed by atoms with Gasteiger partial charge >= 0.3 is 0 Å². The van der Waals surface area contributed by atoms with Crippen LogP contribution >= 0.6 is 15.9 Å². The predicted octanol–water partition coefficient (Wildman–Crippen LogP) is 3.07. The molecule has 0 aromatic carbocycles. The third-order valence-electron chi connectivity index (χ3n) is 2.58. The average molecular weight is 362 g/mol. The van der Waals surface area contributed by atoms with Crippen molar-refractivity contribution in [2.45, 2.75) is 19.8 Å². The van der Waals surface area contributed by atoms with Gasteiger partial charge < -0.3 is 18.9 Å². The van der Waals surface area contributed by atoms with E-state index < -0.39 is 0 Å². The predicted molar refractivity (Wildman–Crippen MR) is 84.8 cm³/mol. The van der Waals surface area contributed by atoms with Crippen molar-refractivity contribution in [3.8, 4) is 5.88 Å². The Balaban J connectivity index is 1.84. The number of ether oxygens (including phenoxy) is 4. The van der Waals surface area contributed by atoms with Crippen molar-refractivity contribution >= 4 is 15.9 Å². The second-order valence-electron chi connectivity index (χ2n) is 4.33. The second-order valence-corrected chi connectivity index (χ2v) is 5.18. The summed E-state index contributed by atoms with van der Waals surface area (Å²) >= 11 is 3.37. The summed E-state index contributed by atoms with van der Waals surface area (Å²) in [5, 5.41) is 0. The zero-order chi connectivity index (χ0) is 15.2. The zero-order valence-electron chi connectivity index (χ0n) is 12.6. The van der Waals surface area contributed by atoms with E-state index in [0.29, 0.717) is 45.5 Å². The lowest BCUT2D eigenvalue weighted by molar-refractivity contribution is 0.00868. The van der Waals surface area contributed by atoms with E-state index in [0.717, 1.165) is 23.9 Å². The summed E-state index contributed by atoms with van der Waals surface area (Å²) in [6, 6.07) is 3.73. The Kier molecular flexibility index (Phi) is 11.4. The molecule has 1 aromatic heterocycles. The molecule has 1 rings (SSSR count). The molecule has 0 saturated heterocycles. The quantitative estimate of drug-likeness (QED) is 0.505. The van der Waals surface area contributed by atoms with Gasteiger partial charge in [0.1, 0.15) is 6.61 Å². The van der Waals surface area contributed by atoms with Crippen molar-refractivity contribution in [3.63, 3.8) is 0 Å². The average Bonchev–Trinajstić information content (AvgIpc) is 2.50. The van der Waals surface area contributed by atoms with Crippen LogP contribution in [0.25, 0.3) is 0 Å². The van der Waals surface area contributed by atoms with E-state index >= 15 is 0 Å². The highest BCUT2D eigenvalue weighted by Gasteiger charge is 2.00. The van der Waals surface area contributed by atoms with Gasteiger partial charge in [0.05, 0.1) is 37.5 Å². The Morgan fingerprint density at radius 1 is 0.952 bits per heavy atom. The van der Waals surface area contributed by atoms with E-state index in [-0.39, 0.29) is 0 Å². The van der Waals surface area contributed by atoms with Gasteiger partial charge in [-0.05, 0) is 34.5 Å². The molecule has 0 aliphatic rings. The molecule has 0 radical (unpaired) electrons. The molecule has 6 heteroatoms. The second kappa shape index (κ2) is 13.0. The van der Waals surface area contributed by atoms with E-state index in [1.807, 2.05) is 12.1 Å². The minimum absolute atomic E-state index is 0.468. The number of unbranched alkanes of at least 4 members (excludes halogenated alkanes) is 1. The first-order chi connectivity index (χ1) is 10.3. The first kappa shape index (κ1) is 18.4. The van der Waals surface area contributed by atoms with Crippen LogP contribution in [0, 0.1) is 0 Å². The number of halogens is 1. The number of hydrogen-bond donors (Lipinski definition) is 0. The summed E-state index contributed by atoms with van der Waals surface area (Å²) in [6.45, 7) is 6.34. The van der Waals surface area contributed by atoms with Gasteiger partial charge in [-0.2, -0.15) is 0 Å². The van der Waals surface area contributed by atoms with Crippen LogP contribution in [-0.4, -0.2) is 51.2 Å². The van der Waals surface area contributed by atoms with Crippen molar-refractivity contribution in [2.24, 2.45) is 0 Å². The van der Waals surface area contributed by atoms with E-state index in [2.05, 4.69) is 27.8 Å². The SMILES string of the molecule is CCCCOCCOCCOCCOc1ncccc1Br. The molecule has 1 heterocycles. The highest BCUT2D eigenvalue weighted by molar-refractivity contribution is 9.10. The van der Waals surface area contributed by atoms with E-state index in [1.165, 1.54) is 0 Å². The Hall–Kier alpha value is -0.690. The molecule has 0 N–H and O–H groups in total. The molecular weight excluding hydrogens is 338 g/mol. The monoisotopic (exact) mass is 361 g/mol. The van der Waals surface area contributed by atoms with Crippen LogP contribution in [0.2, 0.25) is 0 Å². The van der Waals surface area contributed by atoms with E-state index in [1.54, 1.807) is 6.20 Å². The molecule has 0 unspecified atom stereocenters. The minimum Gasteiger partial charge on any atom is -0.474 e. The standard InChI is InChI=1S/C15H24BrNO4/c1-2-3-7-18-8-9-19-10-11-20-12-13-21-15-14(16)5-4-6-17-15/h4-6H,2-3,7-13H2,1H3. The summed E-state index contributed by atoms with van der Waals surface area (Å²) < 4.78 is 22.5. The summed E-state index contributed by atoms with van der Waals surface area (Å²) in [5.41, 5.74) is 0. The molecule has 120 valence electrons. The first-order valence-corrected chi connectivity index (χ1v) is 8.10. The summed E-state index contributed by atoms with van der Waals surface area (Å²) in [7, 11) is 0.